The van der Waals surface area contributed by atoms with Gasteiger partial charge in [0.1, 0.15) is 0 Å². The number of anilines is 2. The molecule has 1 aliphatic rings. The van der Waals surface area contributed by atoms with Crippen LogP contribution in [-0.4, -0.2) is 26.6 Å². The Hall–Kier alpha value is -2.02. The lowest BCUT2D eigenvalue weighted by atomic mass is 10.2. The van der Waals surface area contributed by atoms with Crippen molar-refractivity contribution in [3.63, 3.8) is 0 Å². The van der Waals surface area contributed by atoms with E-state index in [1.54, 1.807) is 48.5 Å². The molecule has 1 heterocycles. The summed E-state index contributed by atoms with van der Waals surface area (Å²) in [6, 6.07) is 11.7. The van der Waals surface area contributed by atoms with Gasteiger partial charge >= 0.3 is 0 Å². The van der Waals surface area contributed by atoms with Crippen LogP contribution in [-0.2, 0) is 14.8 Å². The van der Waals surface area contributed by atoms with E-state index >= 15 is 0 Å². The van der Waals surface area contributed by atoms with Gasteiger partial charge in [0, 0.05) is 28.4 Å². The molecule has 8 heteroatoms. The minimum Gasteiger partial charge on any atom is -0.323 e. The average molecular weight is 411 g/mol. The van der Waals surface area contributed by atoms with Gasteiger partial charge in [-0.1, -0.05) is 29.3 Å². The molecule has 0 saturated carbocycles. The second-order valence-electron chi connectivity index (χ2n) is 5.78. The van der Waals surface area contributed by atoms with Crippen molar-refractivity contribution in [3.05, 3.63) is 64.1 Å². The van der Waals surface area contributed by atoms with Crippen molar-refractivity contribution in [3.8, 4) is 0 Å². The van der Waals surface area contributed by atoms with Crippen LogP contribution < -0.4 is 9.62 Å². The van der Waals surface area contributed by atoms with E-state index in [4.69, 9.17) is 23.2 Å². The van der Waals surface area contributed by atoms with Crippen LogP contribution in [0.15, 0.2) is 48.5 Å². The van der Waals surface area contributed by atoms with E-state index in [1.807, 2.05) is 0 Å². The minimum absolute atomic E-state index is 0.170. The zero-order valence-corrected chi connectivity index (χ0v) is 16.0. The summed E-state index contributed by atoms with van der Waals surface area (Å²) >= 11 is 11.9. The normalized spacial score (nSPS) is 16.2. The lowest BCUT2D eigenvalue weighted by Crippen LogP contribution is -2.24. The molecule has 1 N–H and O–H groups in total. The molecule has 0 aliphatic carbocycles. The molecule has 26 heavy (non-hydrogen) atoms. The lowest BCUT2D eigenvalue weighted by molar-refractivity contribution is -0.111. The van der Waals surface area contributed by atoms with E-state index in [-0.39, 0.29) is 11.7 Å². The zero-order valence-electron chi connectivity index (χ0n) is 13.7. The quantitative estimate of drug-likeness (QED) is 0.768. The van der Waals surface area contributed by atoms with E-state index < -0.39 is 10.0 Å². The van der Waals surface area contributed by atoms with Gasteiger partial charge in [0.25, 0.3) is 0 Å². The Morgan fingerprint density at radius 3 is 2.46 bits per heavy atom. The largest absolute Gasteiger partial charge is 0.323 e. The van der Waals surface area contributed by atoms with Crippen molar-refractivity contribution >= 4 is 56.6 Å². The number of sulfonamides is 1. The predicted octanol–water partition coefficient (Wildman–Crippen LogP) is 4.19. The fraction of sp³-hybridized carbons (Fsp3) is 0.167. The molecule has 1 saturated heterocycles. The Morgan fingerprint density at radius 1 is 1.12 bits per heavy atom. The lowest BCUT2D eigenvalue weighted by Gasteiger charge is -2.17. The van der Waals surface area contributed by atoms with Gasteiger partial charge in [0.2, 0.25) is 15.9 Å². The highest BCUT2D eigenvalue weighted by molar-refractivity contribution is 7.93. The molecule has 0 spiro atoms. The molecule has 0 radical (unpaired) electrons. The molecule has 2 aromatic rings. The van der Waals surface area contributed by atoms with Gasteiger partial charge in [-0.15, -0.1) is 0 Å². The van der Waals surface area contributed by atoms with Crippen molar-refractivity contribution in [2.75, 3.05) is 21.9 Å². The maximum atomic E-state index is 12.0. The Balaban J connectivity index is 1.65. The third-order valence-electron chi connectivity index (χ3n) is 3.90. The molecule has 1 aliphatic heterocycles. The number of halogens is 2. The minimum atomic E-state index is -3.21. The van der Waals surface area contributed by atoms with E-state index in [0.717, 1.165) is 0 Å². The fourth-order valence-electron chi connectivity index (χ4n) is 2.63. The summed E-state index contributed by atoms with van der Waals surface area (Å²) in [6.07, 6.45) is 3.59. The molecule has 1 fully saturated rings. The monoisotopic (exact) mass is 410 g/mol. The van der Waals surface area contributed by atoms with Crippen LogP contribution in [0.2, 0.25) is 10.0 Å². The maximum absolute atomic E-state index is 12.0. The Labute approximate surface area is 162 Å². The smallest absolute Gasteiger partial charge is 0.248 e. The van der Waals surface area contributed by atoms with Gasteiger partial charge in [0.15, 0.2) is 0 Å². The van der Waals surface area contributed by atoms with Crippen molar-refractivity contribution in [1.29, 1.82) is 0 Å². The summed E-state index contributed by atoms with van der Waals surface area (Å²) in [5.41, 5.74) is 1.85. The Morgan fingerprint density at radius 2 is 1.85 bits per heavy atom. The van der Waals surface area contributed by atoms with Crippen molar-refractivity contribution < 1.29 is 13.2 Å². The molecule has 0 unspecified atom stereocenters. The number of rotatable bonds is 4. The summed E-state index contributed by atoms with van der Waals surface area (Å²) in [5.74, 6) is -0.152. The Kier molecular flexibility index (Phi) is 5.55. The highest BCUT2D eigenvalue weighted by Gasteiger charge is 2.28. The van der Waals surface area contributed by atoms with Crippen LogP contribution in [0.25, 0.3) is 6.08 Å². The number of carbonyl (C=O) groups is 1. The second-order valence-corrected chi connectivity index (χ2v) is 8.63. The first-order chi connectivity index (χ1) is 12.3. The number of carbonyl (C=O) groups excluding carboxylic acids is 1. The van der Waals surface area contributed by atoms with E-state index in [1.165, 1.54) is 10.4 Å². The van der Waals surface area contributed by atoms with Crippen LogP contribution in [0.3, 0.4) is 0 Å². The van der Waals surface area contributed by atoms with E-state index in [0.29, 0.717) is 39.9 Å². The summed E-state index contributed by atoms with van der Waals surface area (Å²) in [7, 11) is -3.21. The zero-order chi connectivity index (χ0) is 18.7. The van der Waals surface area contributed by atoms with Gasteiger partial charge in [0.05, 0.1) is 11.4 Å². The standard InChI is InChI=1S/C18H16Cl2N2O3S/c19-14-4-2-13(17(20)12-14)3-9-18(23)21-15-5-7-16(8-6-15)22-10-1-11-26(22,24)25/h2-9,12H,1,10-11H2,(H,21,23)/b9-3+. The van der Waals surface area contributed by atoms with Gasteiger partial charge in [-0.2, -0.15) is 0 Å². The van der Waals surface area contributed by atoms with Gasteiger partial charge in [-0.25, -0.2) is 8.42 Å². The van der Waals surface area contributed by atoms with Gasteiger partial charge < -0.3 is 5.32 Å². The Bertz CT molecular complexity index is 957. The fourth-order valence-corrected chi connectivity index (χ4v) is 4.66. The third-order valence-corrected chi connectivity index (χ3v) is 6.33. The average Bonchev–Trinajstić information content (AvgIpc) is 2.94. The third kappa shape index (κ3) is 4.38. The van der Waals surface area contributed by atoms with Gasteiger partial charge in [-0.05, 0) is 54.5 Å². The number of hydrogen-bond acceptors (Lipinski definition) is 3. The predicted molar refractivity (Wildman–Crippen MR) is 106 cm³/mol. The van der Waals surface area contributed by atoms with Crippen LogP contribution in [0.1, 0.15) is 12.0 Å². The SMILES string of the molecule is O=C(/C=C/c1ccc(Cl)cc1Cl)Nc1ccc(N2CCCS2(=O)=O)cc1. The molecular weight excluding hydrogens is 395 g/mol. The van der Waals surface area contributed by atoms with Crippen molar-refractivity contribution in [2.24, 2.45) is 0 Å². The first-order valence-electron chi connectivity index (χ1n) is 7.90. The number of benzene rings is 2. The van der Waals surface area contributed by atoms with Crippen LogP contribution in [0.5, 0.6) is 0 Å². The van der Waals surface area contributed by atoms with Gasteiger partial charge in [-0.3, -0.25) is 9.10 Å². The summed E-state index contributed by atoms with van der Waals surface area (Å²) in [6.45, 7) is 0.485. The maximum Gasteiger partial charge on any atom is 0.248 e. The summed E-state index contributed by atoms with van der Waals surface area (Å²) in [5, 5.41) is 3.70. The molecular formula is C18H16Cl2N2O3S. The first kappa shape index (κ1) is 18.8. The molecule has 136 valence electrons. The van der Waals surface area contributed by atoms with E-state index in [2.05, 4.69) is 5.32 Å². The van der Waals surface area contributed by atoms with Crippen LogP contribution in [0, 0.1) is 0 Å². The highest BCUT2D eigenvalue weighted by Crippen LogP contribution is 2.25. The molecule has 2 aromatic carbocycles. The molecule has 0 bridgehead atoms. The van der Waals surface area contributed by atoms with Crippen LogP contribution >= 0.6 is 23.2 Å². The molecule has 1 amide bonds. The number of nitrogens with one attached hydrogen (secondary N) is 1. The molecule has 0 atom stereocenters. The molecule has 5 nitrogen and oxygen atoms in total. The first-order valence-corrected chi connectivity index (χ1v) is 10.3. The molecule has 3 rings (SSSR count). The highest BCUT2D eigenvalue weighted by atomic mass is 35.5. The number of nitrogens with zero attached hydrogens (tertiary/aromatic N) is 1. The van der Waals surface area contributed by atoms with E-state index in [9.17, 15) is 13.2 Å². The van der Waals surface area contributed by atoms with Crippen molar-refractivity contribution in [2.45, 2.75) is 6.42 Å². The second kappa shape index (κ2) is 7.70. The van der Waals surface area contributed by atoms with Crippen molar-refractivity contribution in [1.82, 2.24) is 0 Å². The summed E-state index contributed by atoms with van der Waals surface area (Å²) in [4.78, 5) is 12.0. The number of amides is 1. The van der Waals surface area contributed by atoms with Crippen LogP contribution in [0.4, 0.5) is 11.4 Å². The number of hydrogen-bond donors (Lipinski definition) is 1. The topological polar surface area (TPSA) is 66.5 Å². The molecule has 0 aromatic heterocycles. The summed E-state index contributed by atoms with van der Waals surface area (Å²) < 4.78 is 25.2.